The summed E-state index contributed by atoms with van der Waals surface area (Å²) in [6, 6.07) is 6.79. The minimum Gasteiger partial charge on any atom is -0.494 e. The zero-order valence-electron chi connectivity index (χ0n) is 11.7. The molecule has 7 heteroatoms. The van der Waals surface area contributed by atoms with Crippen molar-refractivity contribution in [3.05, 3.63) is 24.3 Å². The van der Waals surface area contributed by atoms with Gasteiger partial charge in [-0.15, -0.1) is 12.4 Å². The molecule has 20 heavy (non-hydrogen) atoms. The van der Waals surface area contributed by atoms with E-state index in [1.165, 1.54) is 4.31 Å². The molecule has 0 unspecified atom stereocenters. The topological polar surface area (TPSA) is 58.6 Å². The maximum Gasteiger partial charge on any atom is 0.243 e. The molecule has 2 rings (SSSR count). The fourth-order valence-corrected chi connectivity index (χ4v) is 3.67. The predicted octanol–water partition coefficient (Wildman–Crippen LogP) is 1.49. The zero-order chi connectivity index (χ0) is 13.9. The Balaban J connectivity index is 0.00000200. The standard InChI is InChI=1S/C13H20N2O3S.ClH/c1-3-18-12-4-6-13(7-5-12)19(16,17)15-9-8-14-11(2)10-15;/h4-7,11,14H,3,8-10H2,1-2H3;1H/t11-;/m1./s1. The highest BCUT2D eigenvalue weighted by Gasteiger charge is 2.28. The van der Waals surface area contributed by atoms with Crippen molar-refractivity contribution in [2.24, 2.45) is 0 Å². The van der Waals surface area contributed by atoms with E-state index in [9.17, 15) is 8.42 Å². The van der Waals surface area contributed by atoms with Crippen LogP contribution in [0.15, 0.2) is 29.2 Å². The van der Waals surface area contributed by atoms with Crippen molar-refractivity contribution in [3.8, 4) is 5.75 Å². The predicted molar refractivity (Wildman–Crippen MR) is 81.1 cm³/mol. The van der Waals surface area contributed by atoms with Gasteiger partial charge in [0.1, 0.15) is 5.75 Å². The maximum atomic E-state index is 12.5. The van der Waals surface area contributed by atoms with Crippen LogP contribution in [0, 0.1) is 0 Å². The number of piperazine rings is 1. The van der Waals surface area contributed by atoms with Gasteiger partial charge in [0, 0.05) is 25.7 Å². The number of nitrogens with zero attached hydrogens (tertiary/aromatic N) is 1. The third-order valence-corrected chi connectivity index (χ3v) is 4.98. The molecule has 1 saturated heterocycles. The van der Waals surface area contributed by atoms with E-state index < -0.39 is 10.0 Å². The van der Waals surface area contributed by atoms with Gasteiger partial charge in [0.25, 0.3) is 0 Å². The lowest BCUT2D eigenvalue weighted by atomic mass is 10.3. The molecular formula is C13H21ClN2O3S. The van der Waals surface area contributed by atoms with Gasteiger partial charge >= 0.3 is 0 Å². The number of benzene rings is 1. The van der Waals surface area contributed by atoms with E-state index in [1.807, 2.05) is 13.8 Å². The summed E-state index contributed by atoms with van der Waals surface area (Å²) < 4.78 is 31.8. The molecule has 1 aliphatic heterocycles. The Morgan fingerprint density at radius 1 is 1.35 bits per heavy atom. The van der Waals surface area contributed by atoms with Crippen molar-refractivity contribution in [1.29, 1.82) is 0 Å². The van der Waals surface area contributed by atoms with Gasteiger partial charge in [-0.25, -0.2) is 8.42 Å². The molecule has 0 aromatic heterocycles. The highest BCUT2D eigenvalue weighted by Crippen LogP contribution is 2.20. The van der Waals surface area contributed by atoms with Crippen molar-refractivity contribution < 1.29 is 13.2 Å². The van der Waals surface area contributed by atoms with Gasteiger partial charge in [-0.3, -0.25) is 0 Å². The Labute approximate surface area is 126 Å². The number of sulfonamides is 1. The SMILES string of the molecule is CCOc1ccc(S(=O)(=O)N2CCN[C@H](C)C2)cc1.Cl. The quantitative estimate of drug-likeness (QED) is 0.913. The smallest absolute Gasteiger partial charge is 0.243 e. The molecule has 0 spiro atoms. The highest BCUT2D eigenvalue weighted by molar-refractivity contribution is 7.89. The first-order valence-electron chi connectivity index (χ1n) is 6.50. The van der Waals surface area contributed by atoms with Crippen LogP contribution in [-0.2, 0) is 10.0 Å². The third kappa shape index (κ3) is 3.85. The number of rotatable bonds is 4. The Kier molecular flexibility index (Phi) is 6.26. The first-order chi connectivity index (χ1) is 9.04. The van der Waals surface area contributed by atoms with Crippen molar-refractivity contribution in [2.45, 2.75) is 24.8 Å². The lowest BCUT2D eigenvalue weighted by Gasteiger charge is -2.31. The second-order valence-corrected chi connectivity index (χ2v) is 6.56. The van der Waals surface area contributed by atoms with Crippen molar-refractivity contribution in [2.75, 3.05) is 26.2 Å². The van der Waals surface area contributed by atoms with Crippen LogP contribution >= 0.6 is 12.4 Å². The van der Waals surface area contributed by atoms with Gasteiger partial charge in [0.05, 0.1) is 11.5 Å². The number of hydrogen-bond donors (Lipinski definition) is 1. The molecule has 0 amide bonds. The Morgan fingerprint density at radius 2 is 2.00 bits per heavy atom. The van der Waals surface area contributed by atoms with Crippen molar-refractivity contribution in [3.63, 3.8) is 0 Å². The molecule has 114 valence electrons. The lowest BCUT2D eigenvalue weighted by Crippen LogP contribution is -2.51. The van der Waals surface area contributed by atoms with E-state index in [0.29, 0.717) is 36.9 Å². The summed E-state index contributed by atoms with van der Waals surface area (Å²) in [5.41, 5.74) is 0. The first kappa shape index (κ1) is 17.2. The minimum atomic E-state index is -3.39. The molecule has 5 nitrogen and oxygen atoms in total. The summed E-state index contributed by atoms with van der Waals surface area (Å²) in [6.45, 7) is 6.17. The summed E-state index contributed by atoms with van der Waals surface area (Å²) >= 11 is 0. The summed E-state index contributed by atoms with van der Waals surface area (Å²) in [5, 5.41) is 3.24. The van der Waals surface area contributed by atoms with Gasteiger partial charge in [0.15, 0.2) is 0 Å². The number of ether oxygens (including phenoxy) is 1. The zero-order valence-corrected chi connectivity index (χ0v) is 13.3. The van der Waals surface area contributed by atoms with Crippen LogP contribution < -0.4 is 10.1 Å². The maximum absolute atomic E-state index is 12.5. The second kappa shape index (κ2) is 7.26. The van der Waals surface area contributed by atoms with Crippen LogP contribution in [0.4, 0.5) is 0 Å². The molecular weight excluding hydrogens is 300 g/mol. The van der Waals surface area contributed by atoms with Crippen LogP contribution in [0.5, 0.6) is 5.75 Å². The Bertz CT molecular complexity index is 519. The molecule has 1 heterocycles. The van der Waals surface area contributed by atoms with Crippen LogP contribution in [0.3, 0.4) is 0 Å². The molecule has 0 radical (unpaired) electrons. The van der Waals surface area contributed by atoms with Crippen LogP contribution in [0.1, 0.15) is 13.8 Å². The molecule has 0 saturated carbocycles. The summed E-state index contributed by atoms with van der Waals surface area (Å²) in [7, 11) is -3.39. The number of nitrogens with one attached hydrogen (secondary N) is 1. The average Bonchev–Trinajstić information content (AvgIpc) is 2.40. The highest BCUT2D eigenvalue weighted by atomic mass is 35.5. The van der Waals surface area contributed by atoms with E-state index in [4.69, 9.17) is 4.74 Å². The minimum absolute atomic E-state index is 0. The molecule has 1 aromatic rings. The number of halogens is 1. The average molecular weight is 321 g/mol. The second-order valence-electron chi connectivity index (χ2n) is 4.62. The van der Waals surface area contributed by atoms with Gasteiger partial charge in [-0.1, -0.05) is 0 Å². The van der Waals surface area contributed by atoms with Crippen LogP contribution in [0.2, 0.25) is 0 Å². The van der Waals surface area contributed by atoms with Crippen LogP contribution in [0.25, 0.3) is 0 Å². The molecule has 0 aliphatic carbocycles. The van der Waals surface area contributed by atoms with E-state index in [2.05, 4.69) is 5.32 Å². The molecule has 1 fully saturated rings. The third-order valence-electron chi connectivity index (χ3n) is 3.10. The largest absolute Gasteiger partial charge is 0.494 e. The first-order valence-corrected chi connectivity index (χ1v) is 7.94. The monoisotopic (exact) mass is 320 g/mol. The Morgan fingerprint density at radius 3 is 2.55 bits per heavy atom. The molecule has 1 aromatic carbocycles. The van der Waals surface area contributed by atoms with Crippen molar-refractivity contribution in [1.82, 2.24) is 9.62 Å². The van der Waals surface area contributed by atoms with E-state index in [1.54, 1.807) is 24.3 Å². The van der Waals surface area contributed by atoms with E-state index in [0.717, 1.165) is 0 Å². The fourth-order valence-electron chi connectivity index (χ4n) is 2.14. The summed E-state index contributed by atoms with van der Waals surface area (Å²) in [5.74, 6) is 0.690. The Hall–Kier alpha value is -0.820. The molecule has 1 N–H and O–H groups in total. The molecule has 0 bridgehead atoms. The van der Waals surface area contributed by atoms with Gasteiger partial charge in [-0.05, 0) is 38.1 Å². The summed E-state index contributed by atoms with van der Waals surface area (Å²) in [4.78, 5) is 0.324. The van der Waals surface area contributed by atoms with E-state index in [-0.39, 0.29) is 18.4 Å². The van der Waals surface area contributed by atoms with Gasteiger partial charge < -0.3 is 10.1 Å². The van der Waals surface area contributed by atoms with E-state index >= 15 is 0 Å². The van der Waals surface area contributed by atoms with Crippen LogP contribution in [-0.4, -0.2) is 45.0 Å². The van der Waals surface area contributed by atoms with Gasteiger partial charge in [0.2, 0.25) is 10.0 Å². The molecule has 1 atom stereocenters. The fraction of sp³-hybridized carbons (Fsp3) is 0.538. The summed E-state index contributed by atoms with van der Waals surface area (Å²) in [6.07, 6.45) is 0. The normalized spacial score (nSPS) is 20.2. The molecule has 1 aliphatic rings. The van der Waals surface area contributed by atoms with Crippen molar-refractivity contribution >= 4 is 22.4 Å². The lowest BCUT2D eigenvalue weighted by molar-refractivity contribution is 0.310. The van der Waals surface area contributed by atoms with Gasteiger partial charge in [-0.2, -0.15) is 4.31 Å². The number of hydrogen-bond acceptors (Lipinski definition) is 4.